The summed E-state index contributed by atoms with van der Waals surface area (Å²) in [5.41, 5.74) is 8.48. The molecule has 0 amide bonds. The molecule has 0 saturated carbocycles. The van der Waals surface area contributed by atoms with Gasteiger partial charge in [0.25, 0.3) is 20.0 Å². The summed E-state index contributed by atoms with van der Waals surface area (Å²) in [6.45, 7) is 3.50. The van der Waals surface area contributed by atoms with Crippen LogP contribution in [0.4, 0.5) is 0 Å². The van der Waals surface area contributed by atoms with Gasteiger partial charge in [0.2, 0.25) is 0 Å². The van der Waals surface area contributed by atoms with Crippen LogP contribution in [0.5, 0.6) is 0 Å². The van der Waals surface area contributed by atoms with Crippen molar-refractivity contribution < 1.29 is 16.8 Å². The number of nitrogens with two attached hydrogens (primary N) is 1. The zero-order chi connectivity index (χ0) is 22.6. The molecule has 0 aliphatic carbocycles. The molecule has 3 aromatic carbocycles. The summed E-state index contributed by atoms with van der Waals surface area (Å²) in [5.74, 6) is 0. The largest absolute Gasteiger partial charge is 0.329 e. The van der Waals surface area contributed by atoms with Crippen molar-refractivity contribution in [1.82, 2.24) is 3.71 Å². The maximum atomic E-state index is 13.6. The Morgan fingerprint density at radius 1 is 0.710 bits per heavy atom. The van der Waals surface area contributed by atoms with Crippen LogP contribution in [0.3, 0.4) is 0 Å². The second-order valence-corrected chi connectivity index (χ2v) is 11.3. The van der Waals surface area contributed by atoms with Gasteiger partial charge in [-0.25, -0.2) is 16.8 Å². The standard InChI is InChI=1S/C23H26N2O4S2/c1-18-8-12-22(13-9-18)30(26,27)25(21(17-24)16-20-6-4-3-5-7-20)31(28,29)23-14-10-19(2)11-15-23/h3-15,21H,16-17,24H2,1-2H3. The van der Waals surface area contributed by atoms with Gasteiger partial charge < -0.3 is 5.73 Å². The van der Waals surface area contributed by atoms with E-state index in [1.807, 2.05) is 44.2 Å². The lowest BCUT2D eigenvalue weighted by Crippen LogP contribution is -2.49. The Bertz CT molecular complexity index is 1150. The predicted octanol–water partition coefficient (Wildman–Crippen LogP) is 3.25. The molecule has 6 nitrogen and oxygen atoms in total. The molecule has 0 heterocycles. The molecular formula is C23H26N2O4S2. The van der Waals surface area contributed by atoms with Gasteiger partial charge in [-0.3, -0.25) is 0 Å². The van der Waals surface area contributed by atoms with Gasteiger partial charge >= 0.3 is 0 Å². The first-order chi connectivity index (χ1) is 14.7. The Kier molecular flexibility index (Phi) is 6.96. The van der Waals surface area contributed by atoms with Crippen LogP contribution in [0.2, 0.25) is 0 Å². The molecule has 3 aromatic rings. The van der Waals surface area contributed by atoms with Gasteiger partial charge in [0.05, 0.1) is 15.8 Å². The summed E-state index contributed by atoms with van der Waals surface area (Å²) in [4.78, 5) is -0.194. The molecule has 8 heteroatoms. The van der Waals surface area contributed by atoms with Crippen molar-refractivity contribution in [1.29, 1.82) is 0 Å². The minimum absolute atomic E-state index is 0.0969. The van der Waals surface area contributed by atoms with Crippen LogP contribution in [0.15, 0.2) is 88.7 Å². The van der Waals surface area contributed by atoms with Crippen molar-refractivity contribution in [2.75, 3.05) is 6.54 Å². The highest BCUT2D eigenvalue weighted by Crippen LogP contribution is 2.28. The van der Waals surface area contributed by atoms with Crippen molar-refractivity contribution in [2.45, 2.75) is 36.1 Å². The average molecular weight is 459 g/mol. The second kappa shape index (κ2) is 9.32. The number of aryl methyl sites for hydroxylation is 2. The zero-order valence-electron chi connectivity index (χ0n) is 17.5. The zero-order valence-corrected chi connectivity index (χ0v) is 19.1. The van der Waals surface area contributed by atoms with E-state index in [0.29, 0.717) is 3.71 Å². The van der Waals surface area contributed by atoms with Gasteiger partial charge in [0.1, 0.15) is 0 Å². The Morgan fingerprint density at radius 3 is 1.52 bits per heavy atom. The number of hydrogen-bond donors (Lipinski definition) is 1. The summed E-state index contributed by atoms with van der Waals surface area (Å²) in [7, 11) is -8.80. The van der Waals surface area contributed by atoms with Gasteiger partial charge in [0.15, 0.2) is 0 Å². The third-order valence-electron chi connectivity index (χ3n) is 5.00. The monoisotopic (exact) mass is 458 g/mol. The molecule has 1 atom stereocenters. The van der Waals surface area contributed by atoms with E-state index >= 15 is 0 Å². The predicted molar refractivity (Wildman–Crippen MR) is 122 cm³/mol. The first kappa shape index (κ1) is 23.1. The SMILES string of the molecule is Cc1ccc(S(=O)(=O)N(C(CN)Cc2ccccc2)S(=O)(=O)c2ccc(C)cc2)cc1. The van der Waals surface area contributed by atoms with Crippen LogP contribution in [-0.2, 0) is 26.5 Å². The van der Waals surface area contributed by atoms with Crippen LogP contribution in [-0.4, -0.2) is 33.1 Å². The lowest BCUT2D eigenvalue weighted by atomic mass is 10.1. The molecule has 0 aliphatic rings. The number of benzene rings is 3. The van der Waals surface area contributed by atoms with E-state index < -0.39 is 26.1 Å². The maximum Gasteiger partial charge on any atom is 0.256 e. The summed E-state index contributed by atoms with van der Waals surface area (Å²) in [6.07, 6.45) is 0.160. The van der Waals surface area contributed by atoms with Crippen molar-refractivity contribution in [3.63, 3.8) is 0 Å². The highest BCUT2D eigenvalue weighted by molar-refractivity contribution is 8.04. The van der Waals surface area contributed by atoms with Gasteiger partial charge in [-0.2, -0.15) is 0 Å². The molecule has 0 saturated heterocycles. The second-order valence-electron chi connectivity index (χ2n) is 7.44. The summed E-state index contributed by atoms with van der Waals surface area (Å²) in [5, 5.41) is 0. The summed E-state index contributed by atoms with van der Waals surface area (Å²) in [6, 6.07) is 20.3. The first-order valence-corrected chi connectivity index (χ1v) is 12.7. The lowest BCUT2D eigenvalue weighted by Gasteiger charge is -2.29. The smallest absolute Gasteiger partial charge is 0.256 e. The highest BCUT2D eigenvalue weighted by atomic mass is 32.3. The molecule has 0 fully saturated rings. The van der Waals surface area contributed by atoms with Crippen LogP contribution < -0.4 is 5.73 Å². The fraction of sp³-hybridized carbons (Fsp3) is 0.217. The molecular weight excluding hydrogens is 432 g/mol. The minimum atomic E-state index is -4.40. The number of nitrogens with zero attached hydrogens (tertiary/aromatic N) is 1. The van der Waals surface area contributed by atoms with E-state index in [-0.39, 0.29) is 22.8 Å². The molecule has 0 spiro atoms. The van der Waals surface area contributed by atoms with E-state index in [9.17, 15) is 16.8 Å². The van der Waals surface area contributed by atoms with Crippen LogP contribution >= 0.6 is 0 Å². The molecule has 2 N–H and O–H groups in total. The molecule has 0 aromatic heterocycles. The van der Waals surface area contributed by atoms with Crippen LogP contribution in [0, 0.1) is 13.8 Å². The molecule has 3 rings (SSSR count). The third-order valence-corrected chi connectivity index (χ3v) is 9.45. The van der Waals surface area contributed by atoms with E-state index in [2.05, 4.69) is 0 Å². The van der Waals surface area contributed by atoms with Crippen molar-refractivity contribution >= 4 is 20.0 Å². The Hall–Kier alpha value is -2.52. The van der Waals surface area contributed by atoms with E-state index in [1.165, 1.54) is 24.3 Å². The fourth-order valence-corrected chi connectivity index (χ4v) is 7.31. The summed E-state index contributed by atoms with van der Waals surface area (Å²) >= 11 is 0. The lowest BCUT2D eigenvalue weighted by molar-refractivity contribution is 0.421. The minimum Gasteiger partial charge on any atom is -0.329 e. The Morgan fingerprint density at radius 2 is 1.13 bits per heavy atom. The van der Waals surface area contributed by atoms with Crippen LogP contribution in [0.1, 0.15) is 16.7 Å². The molecule has 1 unspecified atom stereocenters. The van der Waals surface area contributed by atoms with Crippen molar-refractivity contribution in [3.8, 4) is 0 Å². The number of sulfonamides is 2. The quantitative estimate of drug-likeness (QED) is 0.559. The van der Waals surface area contributed by atoms with Gasteiger partial charge in [-0.05, 0) is 50.1 Å². The molecule has 164 valence electrons. The van der Waals surface area contributed by atoms with Crippen molar-refractivity contribution in [3.05, 3.63) is 95.6 Å². The number of hydrogen-bond acceptors (Lipinski definition) is 5. The van der Waals surface area contributed by atoms with E-state index in [4.69, 9.17) is 5.73 Å². The molecule has 0 radical (unpaired) electrons. The summed E-state index contributed by atoms with van der Waals surface area (Å²) < 4.78 is 55.0. The van der Waals surface area contributed by atoms with E-state index in [1.54, 1.807) is 24.3 Å². The van der Waals surface area contributed by atoms with Crippen molar-refractivity contribution in [2.24, 2.45) is 5.73 Å². The topological polar surface area (TPSA) is 97.5 Å². The van der Waals surface area contributed by atoms with Gasteiger partial charge in [-0.15, -0.1) is 0 Å². The average Bonchev–Trinajstić information content (AvgIpc) is 2.74. The fourth-order valence-electron chi connectivity index (χ4n) is 3.28. The third kappa shape index (κ3) is 5.04. The Labute approximate surface area is 184 Å². The molecule has 0 aliphatic heterocycles. The maximum absolute atomic E-state index is 13.6. The van der Waals surface area contributed by atoms with Crippen LogP contribution in [0.25, 0.3) is 0 Å². The van der Waals surface area contributed by atoms with Gasteiger partial charge in [-0.1, -0.05) is 69.4 Å². The molecule has 0 bridgehead atoms. The van der Waals surface area contributed by atoms with Gasteiger partial charge in [0, 0.05) is 6.54 Å². The normalized spacial score (nSPS) is 13.3. The number of rotatable bonds is 8. The van der Waals surface area contributed by atoms with E-state index in [0.717, 1.165) is 16.7 Å². The molecule has 31 heavy (non-hydrogen) atoms. The Balaban J connectivity index is 2.17. The first-order valence-electron chi connectivity index (χ1n) is 9.83. The highest BCUT2D eigenvalue weighted by Gasteiger charge is 2.41.